The smallest absolute Gasteiger partial charge is 0.253 e. The van der Waals surface area contributed by atoms with E-state index in [0.29, 0.717) is 17.1 Å². The Morgan fingerprint density at radius 3 is 2.29 bits per heavy atom. The van der Waals surface area contributed by atoms with Crippen molar-refractivity contribution in [1.82, 2.24) is 14.8 Å². The summed E-state index contributed by atoms with van der Waals surface area (Å²) in [6, 6.07) is 18.0. The van der Waals surface area contributed by atoms with Crippen molar-refractivity contribution >= 4 is 17.5 Å². The van der Waals surface area contributed by atoms with E-state index in [-0.39, 0.29) is 5.91 Å². The molecular weight excluding hydrogens is 370 g/mol. The van der Waals surface area contributed by atoms with Crippen LogP contribution in [-0.2, 0) is 0 Å². The van der Waals surface area contributed by atoms with Crippen molar-refractivity contribution in [2.45, 2.75) is 13.8 Å². The van der Waals surface area contributed by atoms with E-state index < -0.39 is 0 Å². The van der Waals surface area contributed by atoms with E-state index in [0.717, 1.165) is 29.2 Å². The summed E-state index contributed by atoms with van der Waals surface area (Å²) < 4.78 is 2.13. The Kier molecular flexibility index (Phi) is 6.22. The molecule has 1 aromatic heterocycles. The molecule has 3 aromatic rings. The normalized spacial score (nSPS) is 11.1. The third kappa shape index (κ3) is 4.46. The molecule has 0 spiro atoms. The first-order valence-corrected chi connectivity index (χ1v) is 9.73. The summed E-state index contributed by atoms with van der Waals surface area (Å²) in [5.41, 5.74) is 5.81. The predicted octanol–water partition coefficient (Wildman–Crippen LogP) is 4.71. The van der Waals surface area contributed by atoms with Crippen LogP contribution in [0.1, 0.15) is 21.6 Å². The number of aromatic nitrogens is 1. The molecule has 2 aromatic carbocycles. The molecule has 0 atom stereocenters. The molecule has 4 nitrogen and oxygen atoms in total. The van der Waals surface area contributed by atoms with Gasteiger partial charge in [-0.05, 0) is 63.8 Å². The van der Waals surface area contributed by atoms with Crippen LogP contribution in [0.15, 0.2) is 54.6 Å². The number of halogens is 1. The molecule has 0 fully saturated rings. The Labute approximate surface area is 171 Å². The van der Waals surface area contributed by atoms with Crippen LogP contribution in [0, 0.1) is 13.8 Å². The van der Waals surface area contributed by atoms with Gasteiger partial charge in [-0.15, -0.1) is 0 Å². The summed E-state index contributed by atoms with van der Waals surface area (Å²) in [7, 11) is 3.98. The maximum Gasteiger partial charge on any atom is 0.253 e. The average molecular weight is 396 g/mol. The van der Waals surface area contributed by atoms with Crippen LogP contribution in [0.2, 0.25) is 5.02 Å². The number of carbonyl (C=O) groups is 1. The number of aryl methyl sites for hydroxylation is 1. The van der Waals surface area contributed by atoms with Gasteiger partial charge in [-0.2, -0.15) is 0 Å². The van der Waals surface area contributed by atoms with Gasteiger partial charge in [-0.25, -0.2) is 0 Å². The standard InChI is InChI=1S/C23H26ClN3O/c1-16-5-11-20(12-6-16)27-17(2)21(23(28)25-13-14-26(3)4)15-22(27)18-7-9-19(24)10-8-18/h5-12,15H,13-14H2,1-4H3,(H,25,28). The summed E-state index contributed by atoms with van der Waals surface area (Å²) >= 11 is 6.07. The molecular formula is C23H26ClN3O. The number of carbonyl (C=O) groups excluding carboxylic acids is 1. The van der Waals surface area contributed by atoms with Crippen LogP contribution in [0.25, 0.3) is 16.9 Å². The first kappa shape index (κ1) is 20.2. The van der Waals surface area contributed by atoms with E-state index in [1.54, 1.807) is 0 Å². The van der Waals surface area contributed by atoms with E-state index in [1.165, 1.54) is 5.56 Å². The predicted molar refractivity (Wildman–Crippen MR) is 117 cm³/mol. The minimum absolute atomic E-state index is 0.0552. The zero-order valence-electron chi connectivity index (χ0n) is 16.8. The van der Waals surface area contributed by atoms with Crippen LogP contribution in [-0.4, -0.2) is 42.6 Å². The van der Waals surface area contributed by atoms with Crippen LogP contribution >= 0.6 is 11.6 Å². The average Bonchev–Trinajstić information content (AvgIpc) is 3.00. The minimum Gasteiger partial charge on any atom is -0.351 e. The van der Waals surface area contributed by atoms with Crippen molar-refractivity contribution in [3.8, 4) is 16.9 Å². The highest BCUT2D eigenvalue weighted by molar-refractivity contribution is 6.30. The summed E-state index contributed by atoms with van der Waals surface area (Å²) in [5.74, 6) is -0.0552. The van der Waals surface area contributed by atoms with Crippen molar-refractivity contribution in [3.63, 3.8) is 0 Å². The van der Waals surface area contributed by atoms with Gasteiger partial charge in [0, 0.05) is 29.5 Å². The van der Waals surface area contributed by atoms with Gasteiger partial charge in [0.25, 0.3) is 5.91 Å². The second-order valence-corrected chi connectivity index (χ2v) is 7.70. The molecule has 0 aliphatic carbocycles. The number of rotatable bonds is 6. The largest absolute Gasteiger partial charge is 0.351 e. The van der Waals surface area contributed by atoms with Crippen molar-refractivity contribution in [2.75, 3.05) is 27.2 Å². The molecule has 1 amide bonds. The Hall–Kier alpha value is -2.56. The summed E-state index contributed by atoms with van der Waals surface area (Å²) in [4.78, 5) is 14.9. The lowest BCUT2D eigenvalue weighted by molar-refractivity contribution is 0.0950. The van der Waals surface area contributed by atoms with Crippen LogP contribution < -0.4 is 5.32 Å². The van der Waals surface area contributed by atoms with E-state index in [2.05, 4.69) is 41.1 Å². The topological polar surface area (TPSA) is 37.3 Å². The van der Waals surface area contributed by atoms with E-state index >= 15 is 0 Å². The van der Waals surface area contributed by atoms with Gasteiger partial charge in [0.05, 0.1) is 11.3 Å². The maximum absolute atomic E-state index is 12.8. The van der Waals surface area contributed by atoms with E-state index in [9.17, 15) is 4.79 Å². The van der Waals surface area contributed by atoms with Crippen molar-refractivity contribution < 1.29 is 4.79 Å². The fraction of sp³-hybridized carbons (Fsp3) is 0.261. The Morgan fingerprint density at radius 1 is 1.04 bits per heavy atom. The third-order valence-electron chi connectivity index (χ3n) is 4.77. The maximum atomic E-state index is 12.8. The highest BCUT2D eigenvalue weighted by atomic mass is 35.5. The summed E-state index contributed by atoms with van der Waals surface area (Å²) in [5, 5.41) is 3.71. The molecule has 5 heteroatoms. The lowest BCUT2D eigenvalue weighted by Crippen LogP contribution is -2.31. The van der Waals surface area contributed by atoms with Crippen LogP contribution in [0.3, 0.4) is 0 Å². The Morgan fingerprint density at radius 2 is 1.68 bits per heavy atom. The molecule has 28 heavy (non-hydrogen) atoms. The number of hydrogen-bond donors (Lipinski definition) is 1. The van der Waals surface area contributed by atoms with Crippen LogP contribution in [0.5, 0.6) is 0 Å². The molecule has 1 heterocycles. The molecule has 0 radical (unpaired) electrons. The minimum atomic E-state index is -0.0552. The number of hydrogen-bond acceptors (Lipinski definition) is 2. The van der Waals surface area contributed by atoms with Gasteiger partial charge in [0.15, 0.2) is 0 Å². The van der Waals surface area contributed by atoms with E-state index in [1.807, 2.05) is 56.3 Å². The molecule has 0 saturated carbocycles. The number of benzene rings is 2. The highest BCUT2D eigenvalue weighted by Gasteiger charge is 2.19. The van der Waals surface area contributed by atoms with Gasteiger partial charge >= 0.3 is 0 Å². The molecule has 0 aliphatic heterocycles. The fourth-order valence-electron chi connectivity index (χ4n) is 3.18. The van der Waals surface area contributed by atoms with E-state index in [4.69, 9.17) is 11.6 Å². The lowest BCUT2D eigenvalue weighted by Gasteiger charge is -2.13. The third-order valence-corrected chi connectivity index (χ3v) is 5.02. The number of nitrogens with one attached hydrogen (secondary N) is 1. The zero-order chi connectivity index (χ0) is 20.3. The molecule has 1 N–H and O–H groups in total. The molecule has 0 saturated heterocycles. The van der Waals surface area contributed by atoms with Crippen LogP contribution in [0.4, 0.5) is 0 Å². The number of nitrogens with zero attached hydrogens (tertiary/aromatic N) is 2. The van der Waals surface area contributed by atoms with Crippen molar-refractivity contribution in [3.05, 3.63) is 76.4 Å². The van der Waals surface area contributed by atoms with Crippen molar-refractivity contribution in [1.29, 1.82) is 0 Å². The SMILES string of the molecule is Cc1ccc(-n2c(-c3ccc(Cl)cc3)cc(C(=O)NCCN(C)C)c2C)cc1. The highest BCUT2D eigenvalue weighted by Crippen LogP contribution is 2.30. The van der Waals surface area contributed by atoms with Gasteiger partial charge in [-0.3, -0.25) is 4.79 Å². The second kappa shape index (κ2) is 8.63. The molecule has 146 valence electrons. The quantitative estimate of drug-likeness (QED) is 0.656. The molecule has 0 unspecified atom stereocenters. The van der Waals surface area contributed by atoms with Gasteiger partial charge < -0.3 is 14.8 Å². The lowest BCUT2D eigenvalue weighted by atomic mass is 10.1. The first-order chi connectivity index (χ1) is 13.4. The van der Waals surface area contributed by atoms with Gasteiger partial charge in [0.1, 0.15) is 0 Å². The number of amides is 1. The molecule has 0 aliphatic rings. The monoisotopic (exact) mass is 395 g/mol. The first-order valence-electron chi connectivity index (χ1n) is 9.35. The zero-order valence-corrected chi connectivity index (χ0v) is 17.5. The molecule has 3 rings (SSSR count). The Balaban J connectivity index is 2.05. The van der Waals surface area contributed by atoms with Gasteiger partial charge in [-0.1, -0.05) is 41.4 Å². The Bertz CT molecular complexity index is 957. The molecule has 0 bridgehead atoms. The van der Waals surface area contributed by atoms with Crippen molar-refractivity contribution in [2.24, 2.45) is 0 Å². The second-order valence-electron chi connectivity index (χ2n) is 7.27. The van der Waals surface area contributed by atoms with Gasteiger partial charge in [0.2, 0.25) is 0 Å². The summed E-state index contributed by atoms with van der Waals surface area (Å²) in [6.45, 7) is 5.46. The number of likely N-dealkylation sites (N-methyl/N-ethyl adjacent to an activating group) is 1. The fourth-order valence-corrected chi connectivity index (χ4v) is 3.31. The summed E-state index contributed by atoms with van der Waals surface area (Å²) in [6.07, 6.45) is 0.